The van der Waals surface area contributed by atoms with Crippen molar-refractivity contribution in [1.82, 2.24) is 0 Å². The minimum Gasteiger partial charge on any atom is -0.487 e. The first-order valence-electron chi connectivity index (χ1n) is 5.56. The smallest absolute Gasteiger partial charge is 0.241 e. The molecule has 106 valence electrons. The molecule has 4 nitrogen and oxygen atoms in total. The first kappa shape index (κ1) is 15.3. The van der Waals surface area contributed by atoms with Gasteiger partial charge in [-0.15, -0.1) is 0 Å². The Morgan fingerprint density at radius 2 is 1.90 bits per heavy atom. The summed E-state index contributed by atoms with van der Waals surface area (Å²) in [6.45, 7) is 0.157. The molecule has 2 N–H and O–H groups in total. The SMILES string of the molecule is NS(=O)(=O)c1cc(Br)ccc1OCc1ccccc1Cl. The van der Waals surface area contributed by atoms with Crippen LogP contribution < -0.4 is 9.88 Å². The summed E-state index contributed by atoms with van der Waals surface area (Å²) in [4.78, 5) is -0.0704. The molecule has 0 saturated carbocycles. The van der Waals surface area contributed by atoms with E-state index in [1.807, 2.05) is 6.07 Å². The molecule has 0 spiro atoms. The number of rotatable bonds is 4. The molecule has 2 aromatic carbocycles. The van der Waals surface area contributed by atoms with Crippen molar-refractivity contribution in [2.75, 3.05) is 0 Å². The monoisotopic (exact) mass is 375 g/mol. The summed E-state index contributed by atoms with van der Waals surface area (Å²) in [7, 11) is -3.86. The highest BCUT2D eigenvalue weighted by atomic mass is 79.9. The van der Waals surface area contributed by atoms with E-state index in [1.165, 1.54) is 6.07 Å². The van der Waals surface area contributed by atoms with E-state index in [9.17, 15) is 8.42 Å². The third-order valence-corrected chi connectivity index (χ3v) is 4.35. The summed E-state index contributed by atoms with van der Waals surface area (Å²) in [5.74, 6) is 0.190. The lowest BCUT2D eigenvalue weighted by Crippen LogP contribution is -2.14. The Hall–Kier alpha value is -1.08. The van der Waals surface area contributed by atoms with Gasteiger partial charge in [-0.2, -0.15) is 0 Å². The van der Waals surface area contributed by atoms with Crippen LogP contribution in [0.25, 0.3) is 0 Å². The fourth-order valence-electron chi connectivity index (χ4n) is 1.59. The van der Waals surface area contributed by atoms with Crippen LogP contribution in [0.4, 0.5) is 0 Å². The standard InChI is InChI=1S/C13H11BrClNO3S/c14-10-5-6-12(13(7-10)20(16,17)18)19-8-9-3-1-2-4-11(9)15/h1-7H,8H2,(H2,16,17,18). The Bertz CT molecular complexity index is 734. The van der Waals surface area contributed by atoms with E-state index in [1.54, 1.807) is 30.3 Å². The first-order valence-corrected chi connectivity index (χ1v) is 8.28. The molecule has 0 aliphatic heterocycles. The summed E-state index contributed by atoms with van der Waals surface area (Å²) in [5, 5.41) is 5.73. The number of hydrogen-bond acceptors (Lipinski definition) is 3. The van der Waals surface area contributed by atoms with Gasteiger partial charge in [0.1, 0.15) is 17.3 Å². The van der Waals surface area contributed by atoms with Crippen molar-refractivity contribution >= 4 is 37.6 Å². The third-order valence-electron chi connectivity index (χ3n) is 2.55. The Kier molecular flexibility index (Phi) is 4.70. The Morgan fingerprint density at radius 3 is 2.55 bits per heavy atom. The maximum atomic E-state index is 11.5. The van der Waals surface area contributed by atoms with Crippen LogP contribution in [-0.4, -0.2) is 8.42 Å². The summed E-state index contributed by atoms with van der Waals surface area (Å²) < 4.78 is 29.2. The molecule has 0 atom stereocenters. The van der Waals surface area contributed by atoms with E-state index >= 15 is 0 Å². The summed E-state index contributed by atoms with van der Waals surface area (Å²) in [6, 6.07) is 11.8. The highest BCUT2D eigenvalue weighted by Crippen LogP contribution is 2.28. The van der Waals surface area contributed by atoms with Crippen molar-refractivity contribution < 1.29 is 13.2 Å². The number of nitrogens with two attached hydrogens (primary N) is 1. The number of sulfonamides is 1. The second-order valence-electron chi connectivity index (χ2n) is 4.02. The molecular weight excluding hydrogens is 366 g/mol. The number of ether oxygens (including phenoxy) is 1. The highest BCUT2D eigenvalue weighted by molar-refractivity contribution is 9.10. The third kappa shape index (κ3) is 3.73. The average molecular weight is 377 g/mol. The molecule has 0 fully saturated rings. The largest absolute Gasteiger partial charge is 0.487 e. The quantitative estimate of drug-likeness (QED) is 0.890. The number of benzene rings is 2. The van der Waals surface area contributed by atoms with Gasteiger partial charge in [-0.25, -0.2) is 13.6 Å². The number of primary sulfonamides is 1. The van der Waals surface area contributed by atoms with Gasteiger partial charge in [-0.1, -0.05) is 45.7 Å². The summed E-state index contributed by atoms with van der Waals surface area (Å²) in [6.07, 6.45) is 0. The molecule has 7 heteroatoms. The molecule has 0 saturated heterocycles. The van der Waals surface area contributed by atoms with Gasteiger partial charge in [0, 0.05) is 15.1 Å². The lowest BCUT2D eigenvalue weighted by molar-refractivity contribution is 0.298. The second kappa shape index (κ2) is 6.13. The van der Waals surface area contributed by atoms with Crippen LogP contribution in [0.1, 0.15) is 5.56 Å². The van der Waals surface area contributed by atoms with Gasteiger partial charge in [0.15, 0.2) is 0 Å². The second-order valence-corrected chi connectivity index (χ2v) is 6.87. The van der Waals surface area contributed by atoms with E-state index in [2.05, 4.69) is 15.9 Å². The van der Waals surface area contributed by atoms with Gasteiger partial charge < -0.3 is 4.74 Å². The van der Waals surface area contributed by atoms with Gasteiger partial charge in [-0.3, -0.25) is 0 Å². The Morgan fingerprint density at radius 1 is 1.20 bits per heavy atom. The van der Waals surface area contributed by atoms with Crippen LogP contribution >= 0.6 is 27.5 Å². The Balaban J connectivity index is 2.29. The van der Waals surface area contributed by atoms with E-state index in [0.29, 0.717) is 9.50 Å². The maximum Gasteiger partial charge on any atom is 0.241 e. The van der Waals surface area contributed by atoms with Gasteiger partial charge in [0.25, 0.3) is 0 Å². The van der Waals surface area contributed by atoms with E-state index < -0.39 is 10.0 Å². The van der Waals surface area contributed by atoms with Crippen LogP contribution in [0.3, 0.4) is 0 Å². The van der Waals surface area contributed by atoms with Crippen molar-refractivity contribution in [1.29, 1.82) is 0 Å². The lowest BCUT2D eigenvalue weighted by Gasteiger charge is -2.11. The van der Waals surface area contributed by atoms with Crippen molar-refractivity contribution in [2.45, 2.75) is 11.5 Å². The topological polar surface area (TPSA) is 69.4 Å². The van der Waals surface area contributed by atoms with Crippen LogP contribution in [0.15, 0.2) is 51.8 Å². The molecule has 2 aromatic rings. The number of hydrogen-bond donors (Lipinski definition) is 1. The molecule has 0 bridgehead atoms. The normalized spacial score (nSPS) is 11.3. The molecular formula is C13H11BrClNO3S. The zero-order valence-corrected chi connectivity index (χ0v) is 13.4. The van der Waals surface area contributed by atoms with Crippen molar-refractivity contribution in [3.63, 3.8) is 0 Å². The minimum atomic E-state index is -3.86. The van der Waals surface area contributed by atoms with Gasteiger partial charge >= 0.3 is 0 Å². The summed E-state index contributed by atoms with van der Waals surface area (Å²) >= 11 is 9.21. The zero-order chi connectivity index (χ0) is 14.8. The molecule has 0 amide bonds. The van der Waals surface area contributed by atoms with Crippen molar-refractivity contribution in [2.24, 2.45) is 5.14 Å². The van der Waals surface area contributed by atoms with Crippen molar-refractivity contribution in [3.05, 3.63) is 57.5 Å². The Labute approximate surface area is 130 Å². The van der Waals surface area contributed by atoms with Gasteiger partial charge in [0.05, 0.1) is 0 Å². The first-order chi connectivity index (χ1) is 9.38. The van der Waals surface area contributed by atoms with E-state index in [4.69, 9.17) is 21.5 Å². The lowest BCUT2D eigenvalue weighted by atomic mass is 10.2. The van der Waals surface area contributed by atoms with Gasteiger partial charge in [-0.05, 0) is 24.3 Å². The number of halogens is 2. The molecule has 20 heavy (non-hydrogen) atoms. The molecule has 0 aliphatic rings. The van der Waals surface area contributed by atoms with Crippen molar-refractivity contribution in [3.8, 4) is 5.75 Å². The predicted octanol–water partition coefficient (Wildman–Crippen LogP) is 3.33. The zero-order valence-electron chi connectivity index (χ0n) is 10.2. The molecule has 2 rings (SSSR count). The minimum absolute atomic E-state index is 0.0704. The van der Waals surface area contributed by atoms with Crippen LogP contribution in [0.2, 0.25) is 5.02 Å². The van der Waals surface area contributed by atoms with E-state index in [0.717, 1.165) is 5.56 Å². The predicted molar refractivity (Wildman–Crippen MR) is 81.3 cm³/mol. The van der Waals surface area contributed by atoms with E-state index in [-0.39, 0.29) is 17.3 Å². The van der Waals surface area contributed by atoms with Gasteiger partial charge in [0.2, 0.25) is 10.0 Å². The summed E-state index contributed by atoms with van der Waals surface area (Å²) in [5.41, 5.74) is 0.762. The molecule has 0 aromatic heterocycles. The molecule has 0 aliphatic carbocycles. The van der Waals surface area contributed by atoms with Crippen LogP contribution in [-0.2, 0) is 16.6 Å². The maximum absolute atomic E-state index is 11.5. The van der Waals surface area contributed by atoms with Crippen LogP contribution in [0, 0.1) is 0 Å². The molecule has 0 radical (unpaired) electrons. The van der Waals surface area contributed by atoms with Crippen LogP contribution in [0.5, 0.6) is 5.75 Å². The fourth-order valence-corrected chi connectivity index (χ4v) is 3.00. The highest BCUT2D eigenvalue weighted by Gasteiger charge is 2.16. The fraction of sp³-hybridized carbons (Fsp3) is 0.0769. The molecule has 0 unspecified atom stereocenters. The molecule has 0 heterocycles. The average Bonchev–Trinajstić information content (AvgIpc) is 2.38.